The van der Waals surface area contributed by atoms with Gasteiger partial charge in [-0.3, -0.25) is 20.2 Å². The summed E-state index contributed by atoms with van der Waals surface area (Å²) < 4.78 is 0. The van der Waals surface area contributed by atoms with E-state index in [1.807, 2.05) is 13.0 Å². The number of nitrogens with one attached hydrogen (secondary N) is 2. The van der Waals surface area contributed by atoms with E-state index in [0.717, 1.165) is 10.9 Å². The highest BCUT2D eigenvalue weighted by molar-refractivity contribution is 7.80. The number of halogens is 1. The number of nitro benzene ring substituents is 1. The number of hydrogen-bond acceptors (Lipinski definition) is 4. The van der Waals surface area contributed by atoms with Crippen molar-refractivity contribution in [2.45, 2.75) is 13.8 Å². The van der Waals surface area contributed by atoms with Crippen molar-refractivity contribution in [3.8, 4) is 0 Å². The third-order valence-corrected chi connectivity index (χ3v) is 5.02. The van der Waals surface area contributed by atoms with Gasteiger partial charge >= 0.3 is 0 Å². The van der Waals surface area contributed by atoms with E-state index < -0.39 is 10.8 Å². The molecule has 0 spiro atoms. The molecule has 0 aromatic heterocycles. The van der Waals surface area contributed by atoms with Gasteiger partial charge in [0.1, 0.15) is 5.69 Å². The van der Waals surface area contributed by atoms with Crippen LogP contribution in [0.5, 0.6) is 0 Å². The first-order valence-corrected chi connectivity index (χ1v) is 9.12. The molecule has 0 aliphatic heterocycles. The molecule has 6 nitrogen and oxygen atoms in total. The van der Waals surface area contributed by atoms with Gasteiger partial charge in [0.15, 0.2) is 5.11 Å². The smallest absolute Gasteiger partial charge is 0.293 e. The van der Waals surface area contributed by atoms with E-state index in [-0.39, 0.29) is 16.5 Å². The van der Waals surface area contributed by atoms with Crippen molar-refractivity contribution in [1.82, 2.24) is 5.32 Å². The highest BCUT2D eigenvalue weighted by Crippen LogP contribution is 2.30. The Hall–Kier alpha value is -3.03. The summed E-state index contributed by atoms with van der Waals surface area (Å²) >= 11 is 11.4. The van der Waals surface area contributed by atoms with Gasteiger partial charge in [-0.2, -0.15) is 0 Å². The monoisotopic (exact) mass is 413 g/mol. The Morgan fingerprint density at radius 3 is 2.46 bits per heavy atom. The molecular formula is C20H16ClN3O3S. The number of benzene rings is 3. The zero-order valence-electron chi connectivity index (χ0n) is 15.1. The van der Waals surface area contributed by atoms with Gasteiger partial charge in [0.2, 0.25) is 0 Å². The molecule has 28 heavy (non-hydrogen) atoms. The Bertz CT molecular complexity index is 1130. The fourth-order valence-corrected chi connectivity index (χ4v) is 3.33. The molecule has 0 fully saturated rings. The zero-order valence-corrected chi connectivity index (χ0v) is 16.6. The molecule has 3 rings (SSSR count). The molecule has 3 aromatic rings. The second kappa shape index (κ2) is 7.92. The van der Waals surface area contributed by atoms with Crippen LogP contribution in [0, 0.1) is 24.0 Å². The number of thiocarbonyl (C=S) groups is 1. The number of fused-ring (bicyclic) bond motifs is 1. The maximum atomic E-state index is 12.7. The Morgan fingerprint density at radius 1 is 1.07 bits per heavy atom. The molecular weight excluding hydrogens is 398 g/mol. The number of amides is 1. The summed E-state index contributed by atoms with van der Waals surface area (Å²) in [5.74, 6) is -0.432. The molecule has 0 atom stereocenters. The van der Waals surface area contributed by atoms with Crippen LogP contribution in [0.15, 0.2) is 48.5 Å². The number of anilines is 1. The predicted octanol–water partition coefficient (Wildman–Crippen LogP) is 5.15. The highest BCUT2D eigenvalue weighted by Gasteiger charge is 2.19. The Labute approximate surface area is 171 Å². The molecule has 8 heteroatoms. The first kappa shape index (κ1) is 19.7. The highest BCUT2D eigenvalue weighted by atomic mass is 35.5. The molecule has 1 amide bonds. The summed E-state index contributed by atoms with van der Waals surface area (Å²) in [5.41, 5.74) is 2.10. The van der Waals surface area contributed by atoms with Crippen molar-refractivity contribution in [1.29, 1.82) is 0 Å². The van der Waals surface area contributed by atoms with E-state index in [9.17, 15) is 14.9 Å². The SMILES string of the molecule is Cc1ccc([N+](=O)[O-])c(NC(=S)NC(=O)c2cccc3c(Cl)cccc23)c1C. The molecule has 0 bridgehead atoms. The lowest BCUT2D eigenvalue weighted by molar-refractivity contribution is -0.383. The number of rotatable bonds is 3. The molecule has 0 unspecified atom stereocenters. The maximum Gasteiger partial charge on any atom is 0.293 e. The van der Waals surface area contributed by atoms with Crippen LogP contribution < -0.4 is 10.6 Å². The van der Waals surface area contributed by atoms with Crippen LogP contribution in [0.2, 0.25) is 5.02 Å². The fraction of sp³-hybridized carbons (Fsp3) is 0.100. The predicted molar refractivity (Wildman–Crippen MR) is 115 cm³/mol. The van der Waals surface area contributed by atoms with Crippen molar-refractivity contribution >= 4 is 57.0 Å². The third kappa shape index (κ3) is 3.81. The number of hydrogen-bond donors (Lipinski definition) is 2. The molecule has 0 heterocycles. The Kier molecular flexibility index (Phi) is 5.58. The number of carbonyl (C=O) groups excluding carboxylic acids is 1. The van der Waals surface area contributed by atoms with Gasteiger partial charge in [0.05, 0.1) is 4.92 Å². The molecule has 2 N–H and O–H groups in total. The van der Waals surface area contributed by atoms with Crippen molar-refractivity contribution in [3.63, 3.8) is 0 Å². The lowest BCUT2D eigenvalue weighted by atomic mass is 10.0. The minimum Gasteiger partial charge on any atom is -0.327 e. The van der Waals surface area contributed by atoms with E-state index in [0.29, 0.717) is 21.5 Å². The van der Waals surface area contributed by atoms with Gasteiger partial charge in [-0.05, 0) is 54.7 Å². The molecule has 0 radical (unpaired) electrons. The Morgan fingerprint density at radius 2 is 1.75 bits per heavy atom. The van der Waals surface area contributed by atoms with Gasteiger partial charge in [-0.15, -0.1) is 0 Å². The molecule has 142 valence electrons. The molecule has 0 aliphatic rings. The summed E-state index contributed by atoms with van der Waals surface area (Å²) in [4.78, 5) is 23.5. The minimum atomic E-state index is -0.494. The molecule has 0 saturated carbocycles. The second-order valence-electron chi connectivity index (χ2n) is 6.21. The first-order chi connectivity index (χ1) is 13.3. The largest absolute Gasteiger partial charge is 0.327 e. The van der Waals surface area contributed by atoms with Crippen LogP contribution in [0.25, 0.3) is 10.8 Å². The zero-order chi connectivity index (χ0) is 20.4. The van der Waals surface area contributed by atoms with Crippen molar-refractivity contribution in [2.24, 2.45) is 0 Å². The van der Waals surface area contributed by atoms with Crippen LogP contribution in [-0.4, -0.2) is 15.9 Å². The number of nitro groups is 1. The number of carbonyl (C=O) groups is 1. The summed E-state index contributed by atoms with van der Waals surface area (Å²) in [7, 11) is 0. The van der Waals surface area contributed by atoms with Crippen LogP contribution in [0.3, 0.4) is 0 Å². The van der Waals surface area contributed by atoms with Gasteiger partial charge in [-0.1, -0.05) is 41.9 Å². The maximum absolute atomic E-state index is 12.7. The topological polar surface area (TPSA) is 84.3 Å². The van der Waals surface area contributed by atoms with Crippen molar-refractivity contribution in [2.75, 3.05) is 5.32 Å². The van der Waals surface area contributed by atoms with Crippen molar-refractivity contribution in [3.05, 3.63) is 80.4 Å². The first-order valence-electron chi connectivity index (χ1n) is 8.33. The van der Waals surface area contributed by atoms with Gasteiger partial charge in [0, 0.05) is 22.0 Å². The molecule has 0 saturated heterocycles. The van der Waals surface area contributed by atoms with Gasteiger partial charge < -0.3 is 5.32 Å². The summed E-state index contributed by atoms with van der Waals surface area (Å²) in [5, 5.41) is 18.6. The van der Waals surface area contributed by atoms with Gasteiger partial charge in [0.25, 0.3) is 11.6 Å². The normalized spacial score (nSPS) is 10.5. The lowest BCUT2D eigenvalue weighted by Crippen LogP contribution is -2.34. The summed E-state index contributed by atoms with van der Waals surface area (Å²) in [6.45, 7) is 3.59. The van der Waals surface area contributed by atoms with Crippen LogP contribution >= 0.6 is 23.8 Å². The van der Waals surface area contributed by atoms with Crippen LogP contribution in [0.4, 0.5) is 11.4 Å². The average molecular weight is 414 g/mol. The van der Waals surface area contributed by atoms with E-state index >= 15 is 0 Å². The van der Waals surface area contributed by atoms with E-state index in [4.69, 9.17) is 23.8 Å². The molecule has 3 aromatic carbocycles. The van der Waals surface area contributed by atoms with Crippen molar-refractivity contribution < 1.29 is 9.72 Å². The minimum absolute atomic E-state index is 0.0270. The number of nitrogens with zero attached hydrogens (tertiary/aromatic N) is 1. The summed E-state index contributed by atoms with van der Waals surface area (Å²) in [6.07, 6.45) is 0. The summed E-state index contributed by atoms with van der Waals surface area (Å²) in [6, 6.07) is 13.6. The van der Waals surface area contributed by atoms with E-state index in [1.54, 1.807) is 43.3 Å². The number of aryl methyl sites for hydroxylation is 1. The van der Waals surface area contributed by atoms with Crippen LogP contribution in [-0.2, 0) is 0 Å². The molecule has 0 aliphatic carbocycles. The van der Waals surface area contributed by atoms with Crippen LogP contribution in [0.1, 0.15) is 21.5 Å². The third-order valence-electron chi connectivity index (χ3n) is 4.49. The van der Waals surface area contributed by atoms with Gasteiger partial charge in [-0.25, -0.2) is 0 Å². The van der Waals surface area contributed by atoms with E-state index in [1.165, 1.54) is 6.07 Å². The second-order valence-corrected chi connectivity index (χ2v) is 7.02. The Balaban J connectivity index is 1.88. The fourth-order valence-electron chi connectivity index (χ4n) is 2.90. The standard InChI is InChI=1S/C20H16ClN3O3S/c1-11-9-10-17(24(26)27)18(12(11)2)22-20(28)23-19(25)15-7-3-6-14-13(15)5-4-8-16(14)21/h3-10H,1-2H3,(H2,22,23,25,28). The average Bonchev–Trinajstić information content (AvgIpc) is 2.65. The quantitative estimate of drug-likeness (QED) is 0.352. The van der Waals surface area contributed by atoms with E-state index in [2.05, 4.69) is 10.6 Å². The lowest BCUT2D eigenvalue weighted by Gasteiger charge is -2.14.